The lowest BCUT2D eigenvalue weighted by molar-refractivity contribution is -0.167. The van der Waals surface area contributed by atoms with Crippen LogP contribution in [0.3, 0.4) is 0 Å². The number of alkyl halides is 3. The number of hydrogen-bond acceptors (Lipinski definition) is 5. The maximum Gasteiger partial charge on any atom is 0.471 e. The van der Waals surface area contributed by atoms with Crippen molar-refractivity contribution in [2.45, 2.75) is 25.6 Å². The average molecular weight is 435 g/mol. The van der Waals surface area contributed by atoms with E-state index in [-0.39, 0.29) is 24.6 Å². The van der Waals surface area contributed by atoms with E-state index in [2.05, 4.69) is 5.10 Å². The highest BCUT2D eigenvalue weighted by Crippen LogP contribution is 2.29. The standard InChI is InChI=1S/C21H20F3N3O4/c1-30-17-8-6-14(11-18(17)31-2)16-7-9-19(28)27(26-16)12-13-4-3-5-15(10-13)25-20(29)21(22,23)24/h3-6,8,10-11H,7,9,12H2,1-2H3,(H,25,29). The molecule has 1 aliphatic heterocycles. The van der Waals surface area contributed by atoms with Crippen LogP contribution in [-0.4, -0.2) is 42.9 Å². The van der Waals surface area contributed by atoms with Crippen LogP contribution in [0, 0.1) is 0 Å². The zero-order valence-electron chi connectivity index (χ0n) is 16.8. The molecule has 2 aromatic carbocycles. The van der Waals surface area contributed by atoms with Crippen LogP contribution in [0.25, 0.3) is 0 Å². The molecule has 0 atom stereocenters. The number of methoxy groups -OCH3 is 2. The van der Waals surface area contributed by atoms with Gasteiger partial charge in [0.05, 0.1) is 26.5 Å². The number of rotatable bonds is 6. The van der Waals surface area contributed by atoms with Crippen molar-refractivity contribution in [3.8, 4) is 11.5 Å². The molecule has 2 amide bonds. The van der Waals surface area contributed by atoms with Crippen molar-refractivity contribution in [2.75, 3.05) is 19.5 Å². The molecule has 0 saturated carbocycles. The summed E-state index contributed by atoms with van der Waals surface area (Å²) in [5, 5.41) is 7.49. The van der Waals surface area contributed by atoms with Crippen molar-refractivity contribution in [3.05, 3.63) is 53.6 Å². The second-order valence-corrected chi connectivity index (χ2v) is 6.72. The Morgan fingerprint density at radius 3 is 2.52 bits per heavy atom. The van der Waals surface area contributed by atoms with Gasteiger partial charge in [0.15, 0.2) is 11.5 Å². The van der Waals surface area contributed by atoms with E-state index in [4.69, 9.17) is 9.47 Å². The largest absolute Gasteiger partial charge is 0.493 e. The number of ether oxygens (including phenoxy) is 2. The topological polar surface area (TPSA) is 80.2 Å². The van der Waals surface area contributed by atoms with E-state index in [1.165, 1.54) is 37.4 Å². The van der Waals surface area contributed by atoms with Gasteiger partial charge in [-0.05, 0) is 35.9 Å². The minimum absolute atomic E-state index is 0.0200. The maximum absolute atomic E-state index is 12.5. The van der Waals surface area contributed by atoms with Crippen LogP contribution in [-0.2, 0) is 16.1 Å². The lowest BCUT2D eigenvalue weighted by Crippen LogP contribution is -2.32. The summed E-state index contributed by atoms with van der Waals surface area (Å²) < 4.78 is 47.9. The Kier molecular flexibility index (Phi) is 6.47. The first-order chi connectivity index (χ1) is 14.7. The Hall–Kier alpha value is -3.56. The highest BCUT2D eigenvalue weighted by molar-refractivity contribution is 6.04. The number of hydrazone groups is 1. The van der Waals surface area contributed by atoms with Gasteiger partial charge in [-0.25, -0.2) is 5.01 Å². The smallest absolute Gasteiger partial charge is 0.471 e. The van der Waals surface area contributed by atoms with E-state index in [0.29, 0.717) is 29.2 Å². The summed E-state index contributed by atoms with van der Waals surface area (Å²) in [7, 11) is 3.05. The fourth-order valence-corrected chi connectivity index (χ4v) is 3.07. The Labute approximate surface area is 176 Å². The lowest BCUT2D eigenvalue weighted by Gasteiger charge is -2.24. The SMILES string of the molecule is COc1ccc(C2=NN(Cc3cccc(NC(=O)C(F)(F)F)c3)C(=O)CC2)cc1OC. The van der Waals surface area contributed by atoms with Gasteiger partial charge in [0.25, 0.3) is 0 Å². The number of nitrogens with one attached hydrogen (secondary N) is 1. The zero-order chi connectivity index (χ0) is 22.6. The number of amides is 2. The number of carbonyl (C=O) groups is 2. The van der Waals surface area contributed by atoms with E-state index in [9.17, 15) is 22.8 Å². The molecular weight excluding hydrogens is 415 g/mol. The molecule has 31 heavy (non-hydrogen) atoms. The van der Waals surface area contributed by atoms with E-state index >= 15 is 0 Å². The van der Waals surface area contributed by atoms with Crippen LogP contribution < -0.4 is 14.8 Å². The van der Waals surface area contributed by atoms with Gasteiger partial charge in [0, 0.05) is 24.1 Å². The molecule has 0 unspecified atom stereocenters. The molecule has 0 aromatic heterocycles. The number of benzene rings is 2. The summed E-state index contributed by atoms with van der Waals surface area (Å²) in [6.45, 7) is 0.0470. The van der Waals surface area contributed by atoms with Gasteiger partial charge in [-0.15, -0.1) is 0 Å². The second-order valence-electron chi connectivity index (χ2n) is 6.72. The van der Waals surface area contributed by atoms with Gasteiger partial charge in [0.1, 0.15) is 0 Å². The molecule has 3 rings (SSSR count). The average Bonchev–Trinajstić information content (AvgIpc) is 2.74. The number of hydrogen-bond donors (Lipinski definition) is 1. The van der Waals surface area contributed by atoms with Gasteiger partial charge in [-0.1, -0.05) is 12.1 Å². The van der Waals surface area contributed by atoms with Gasteiger partial charge in [-0.2, -0.15) is 18.3 Å². The zero-order valence-corrected chi connectivity index (χ0v) is 16.8. The molecule has 0 aliphatic carbocycles. The fraction of sp³-hybridized carbons (Fsp3) is 0.286. The van der Waals surface area contributed by atoms with Gasteiger partial charge >= 0.3 is 12.1 Å². The minimum Gasteiger partial charge on any atom is -0.493 e. The second kappa shape index (κ2) is 9.07. The molecule has 0 fully saturated rings. The maximum atomic E-state index is 12.5. The van der Waals surface area contributed by atoms with Crippen molar-refractivity contribution in [1.29, 1.82) is 0 Å². The third kappa shape index (κ3) is 5.33. The molecule has 1 aliphatic rings. The van der Waals surface area contributed by atoms with Gasteiger partial charge in [-0.3, -0.25) is 9.59 Å². The summed E-state index contributed by atoms with van der Waals surface area (Å²) >= 11 is 0. The molecule has 1 N–H and O–H groups in total. The van der Waals surface area contributed by atoms with Crippen LogP contribution in [0.15, 0.2) is 47.6 Å². The summed E-state index contributed by atoms with van der Waals surface area (Å²) in [5.74, 6) is -1.19. The van der Waals surface area contributed by atoms with Crippen LogP contribution >= 0.6 is 0 Å². The summed E-state index contributed by atoms with van der Waals surface area (Å²) in [6, 6.07) is 11.1. The van der Waals surface area contributed by atoms with Gasteiger partial charge < -0.3 is 14.8 Å². The lowest BCUT2D eigenvalue weighted by atomic mass is 10.0. The molecule has 0 radical (unpaired) electrons. The molecule has 2 aromatic rings. The molecule has 7 nitrogen and oxygen atoms in total. The fourth-order valence-electron chi connectivity index (χ4n) is 3.07. The van der Waals surface area contributed by atoms with E-state index in [0.717, 1.165) is 5.56 Å². The third-order valence-electron chi connectivity index (χ3n) is 4.60. The van der Waals surface area contributed by atoms with Crippen molar-refractivity contribution in [2.24, 2.45) is 5.10 Å². The molecular formula is C21H20F3N3O4. The van der Waals surface area contributed by atoms with Crippen molar-refractivity contribution >= 4 is 23.2 Å². The normalized spacial score (nSPS) is 14.2. The van der Waals surface area contributed by atoms with E-state index in [1.54, 1.807) is 29.6 Å². The van der Waals surface area contributed by atoms with E-state index < -0.39 is 12.1 Å². The molecule has 0 saturated heterocycles. The third-order valence-corrected chi connectivity index (χ3v) is 4.60. The van der Waals surface area contributed by atoms with Crippen molar-refractivity contribution < 1.29 is 32.2 Å². The quantitative estimate of drug-likeness (QED) is 0.750. The predicted molar refractivity (Wildman–Crippen MR) is 107 cm³/mol. The highest BCUT2D eigenvalue weighted by atomic mass is 19.4. The number of anilines is 1. The molecule has 1 heterocycles. The van der Waals surface area contributed by atoms with Crippen molar-refractivity contribution in [3.63, 3.8) is 0 Å². The Morgan fingerprint density at radius 2 is 1.84 bits per heavy atom. The number of nitrogens with zero attached hydrogens (tertiary/aromatic N) is 2. The Morgan fingerprint density at radius 1 is 1.10 bits per heavy atom. The molecule has 164 valence electrons. The first kappa shape index (κ1) is 22.1. The molecule has 10 heteroatoms. The number of carbonyl (C=O) groups excluding carboxylic acids is 2. The van der Waals surface area contributed by atoms with Crippen molar-refractivity contribution in [1.82, 2.24) is 5.01 Å². The van der Waals surface area contributed by atoms with Crippen LogP contribution in [0.1, 0.15) is 24.0 Å². The first-order valence-electron chi connectivity index (χ1n) is 9.28. The summed E-state index contributed by atoms with van der Waals surface area (Å²) in [5.41, 5.74) is 1.93. The minimum atomic E-state index is -4.99. The Bertz CT molecular complexity index is 1020. The van der Waals surface area contributed by atoms with E-state index in [1.807, 2.05) is 0 Å². The summed E-state index contributed by atoms with van der Waals surface area (Å²) in [4.78, 5) is 23.5. The first-order valence-corrected chi connectivity index (χ1v) is 9.28. The monoisotopic (exact) mass is 435 g/mol. The Balaban J connectivity index is 1.81. The summed E-state index contributed by atoms with van der Waals surface area (Å²) in [6.07, 6.45) is -4.32. The van der Waals surface area contributed by atoms with Crippen LogP contribution in [0.4, 0.5) is 18.9 Å². The molecule has 0 bridgehead atoms. The highest BCUT2D eigenvalue weighted by Gasteiger charge is 2.38. The van der Waals surface area contributed by atoms with Crippen LogP contribution in [0.5, 0.6) is 11.5 Å². The number of halogens is 3. The van der Waals surface area contributed by atoms with Crippen LogP contribution in [0.2, 0.25) is 0 Å². The van der Waals surface area contributed by atoms with Gasteiger partial charge in [0.2, 0.25) is 5.91 Å². The predicted octanol–water partition coefficient (Wildman–Crippen LogP) is 3.73. The molecule has 0 spiro atoms.